The van der Waals surface area contributed by atoms with E-state index in [-0.39, 0.29) is 5.41 Å². The number of hydrogen-bond donors (Lipinski definition) is 1. The zero-order valence-electron chi connectivity index (χ0n) is 17.5. The molecule has 1 atom stereocenters. The van der Waals surface area contributed by atoms with E-state index in [1.165, 1.54) is 6.07 Å². The van der Waals surface area contributed by atoms with E-state index in [1.54, 1.807) is 13.1 Å². The van der Waals surface area contributed by atoms with Crippen molar-refractivity contribution in [1.82, 2.24) is 20.4 Å². The molecule has 1 unspecified atom stereocenters. The minimum atomic E-state index is -4.39. The van der Waals surface area contributed by atoms with Crippen LogP contribution < -0.4 is 5.32 Å². The highest BCUT2D eigenvalue weighted by atomic mass is 19.4. The van der Waals surface area contributed by atoms with Gasteiger partial charge in [0.1, 0.15) is 6.10 Å². The van der Waals surface area contributed by atoms with Crippen LogP contribution in [0.1, 0.15) is 49.7 Å². The number of nitrogens with zero attached hydrogens (tertiary/aromatic N) is 4. The first kappa shape index (κ1) is 22.1. The molecule has 10 heteroatoms. The summed E-state index contributed by atoms with van der Waals surface area (Å²) in [6.45, 7) is 7.58. The number of benzene rings is 1. The first-order valence-electron chi connectivity index (χ1n) is 9.65. The van der Waals surface area contributed by atoms with Crippen LogP contribution in [0, 0.1) is 0 Å². The van der Waals surface area contributed by atoms with Crippen molar-refractivity contribution < 1.29 is 22.4 Å². The van der Waals surface area contributed by atoms with Crippen LogP contribution >= 0.6 is 0 Å². The fourth-order valence-corrected chi connectivity index (χ4v) is 3.08. The van der Waals surface area contributed by atoms with Gasteiger partial charge in [0, 0.05) is 19.0 Å². The molecule has 0 radical (unpaired) electrons. The number of aliphatic imine (C=N–C) groups is 1. The predicted molar refractivity (Wildman–Crippen MR) is 105 cm³/mol. The summed E-state index contributed by atoms with van der Waals surface area (Å²) in [5.74, 6) is 1.64. The Kier molecular flexibility index (Phi) is 6.35. The molecule has 3 rings (SSSR count). The van der Waals surface area contributed by atoms with Crippen molar-refractivity contribution in [2.75, 3.05) is 26.7 Å². The van der Waals surface area contributed by atoms with Gasteiger partial charge in [-0.25, -0.2) is 0 Å². The number of morpholine rings is 1. The van der Waals surface area contributed by atoms with Gasteiger partial charge in [-0.15, -0.1) is 0 Å². The number of nitrogens with one attached hydrogen (secondary N) is 1. The van der Waals surface area contributed by atoms with Crippen LogP contribution in [0.5, 0.6) is 0 Å². The van der Waals surface area contributed by atoms with Crippen molar-refractivity contribution in [3.8, 4) is 0 Å². The first-order valence-corrected chi connectivity index (χ1v) is 9.65. The number of alkyl halides is 3. The number of aromatic nitrogens is 2. The molecule has 0 saturated carbocycles. The molecule has 30 heavy (non-hydrogen) atoms. The number of halogens is 3. The van der Waals surface area contributed by atoms with Crippen molar-refractivity contribution in [1.29, 1.82) is 0 Å². The average molecular weight is 425 g/mol. The van der Waals surface area contributed by atoms with Crippen LogP contribution in [0.25, 0.3) is 0 Å². The van der Waals surface area contributed by atoms with E-state index in [9.17, 15) is 13.2 Å². The fraction of sp³-hybridized carbons (Fsp3) is 0.550. The molecule has 1 aliphatic rings. The quantitative estimate of drug-likeness (QED) is 0.599. The van der Waals surface area contributed by atoms with Crippen molar-refractivity contribution in [3.63, 3.8) is 0 Å². The van der Waals surface area contributed by atoms with E-state index in [1.807, 2.05) is 25.7 Å². The molecule has 0 spiro atoms. The van der Waals surface area contributed by atoms with Gasteiger partial charge in [-0.1, -0.05) is 38.1 Å². The molecule has 0 amide bonds. The zero-order valence-corrected chi connectivity index (χ0v) is 17.5. The lowest BCUT2D eigenvalue weighted by atomic mass is 9.97. The maximum Gasteiger partial charge on any atom is 0.416 e. The van der Waals surface area contributed by atoms with E-state index in [4.69, 9.17) is 9.26 Å². The Labute approximate surface area is 173 Å². The summed E-state index contributed by atoms with van der Waals surface area (Å²) in [6, 6.07) is 5.24. The van der Waals surface area contributed by atoms with Gasteiger partial charge in [-0.2, -0.15) is 18.2 Å². The highest BCUT2D eigenvalue weighted by Gasteiger charge is 2.32. The van der Waals surface area contributed by atoms with Gasteiger partial charge < -0.3 is 19.5 Å². The standard InChI is InChI=1S/C20H26F3N5O2/c1-19(2,3)17-26-16(27-30-17)11-25-18(24-4)28-8-9-29-15(12-28)13-6-5-7-14(10-13)20(21,22)23/h5-7,10,15H,8-9,11-12H2,1-4H3,(H,24,25). The number of guanidine groups is 1. The summed E-state index contributed by atoms with van der Waals surface area (Å²) in [6.07, 6.45) is -4.88. The molecule has 0 bridgehead atoms. The molecule has 1 aromatic carbocycles. The molecule has 164 valence electrons. The minimum absolute atomic E-state index is 0.241. The van der Waals surface area contributed by atoms with Crippen molar-refractivity contribution in [3.05, 3.63) is 47.1 Å². The highest BCUT2D eigenvalue weighted by molar-refractivity contribution is 5.79. The van der Waals surface area contributed by atoms with Crippen LogP contribution in [0.4, 0.5) is 13.2 Å². The second kappa shape index (κ2) is 8.63. The number of hydrogen-bond acceptors (Lipinski definition) is 5. The van der Waals surface area contributed by atoms with Gasteiger partial charge in [0.15, 0.2) is 11.8 Å². The summed E-state index contributed by atoms with van der Waals surface area (Å²) in [5.41, 5.74) is -0.442. The molecule has 1 N–H and O–H groups in total. The lowest BCUT2D eigenvalue weighted by molar-refractivity contribution is -0.137. The maximum atomic E-state index is 13.0. The Hall–Kier alpha value is -2.62. The Morgan fingerprint density at radius 2 is 2.07 bits per heavy atom. The molecule has 7 nitrogen and oxygen atoms in total. The Bertz CT molecular complexity index is 889. The van der Waals surface area contributed by atoms with Crippen LogP contribution in [-0.2, 0) is 22.9 Å². The number of rotatable bonds is 3. The van der Waals surface area contributed by atoms with Gasteiger partial charge in [0.25, 0.3) is 0 Å². The Balaban J connectivity index is 1.66. The topological polar surface area (TPSA) is 75.8 Å². The molecule has 1 aliphatic heterocycles. The Morgan fingerprint density at radius 3 is 2.70 bits per heavy atom. The van der Waals surface area contributed by atoms with E-state index in [0.29, 0.717) is 49.5 Å². The first-order chi connectivity index (χ1) is 14.1. The smallest absolute Gasteiger partial charge is 0.370 e. The van der Waals surface area contributed by atoms with Crippen LogP contribution in [0.3, 0.4) is 0 Å². The maximum absolute atomic E-state index is 13.0. The van der Waals surface area contributed by atoms with Crippen LogP contribution in [0.15, 0.2) is 33.8 Å². The lowest BCUT2D eigenvalue weighted by Gasteiger charge is -2.35. The molecule has 1 saturated heterocycles. The van der Waals surface area contributed by atoms with Crippen molar-refractivity contribution >= 4 is 5.96 Å². The second-order valence-electron chi connectivity index (χ2n) is 8.10. The van der Waals surface area contributed by atoms with E-state index in [0.717, 1.165) is 12.1 Å². The van der Waals surface area contributed by atoms with Gasteiger partial charge in [0.2, 0.25) is 5.89 Å². The molecule has 1 fully saturated rings. The third-order valence-corrected chi connectivity index (χ3v) is 4.68. The van der Waals surface area contributed by atoms with Gasteiger partial charge >= 0.3 is 6.18 Å². The van der Waals surface area contributed by atoms with Crippen LogP contribution in [0.2, 0.25) is 0 Å². The third-order valence-electron chi connectivity index (χ3n) is 4.68. The minimum Gasteiger partial charge on any atom is -0.370 e. The molecule has 2 aromatic rings. The second-order valence-corrected chi connectivity index (χ2v) is 8.10. The average Bonchev–Trinajstić information content (AvgIpc) is 3.18. The fourth-order valence-electron chi connectivity index (χ4n) is 3.08. The highest BCUT2D eigenvalue weighted by Crippen LogP contribution is 2.32. The summed E-state index contributed by atoms with van der Waals surface area (Å²) in [7, 11) is 1.65. The molecule has 0 aliphatic carbocycles. The molecular weight excluding hydrogens is 399 g/mol. The van der Waals surface area contributed by atoms with Crippen molar-refractivity contribution in [2.24, 2.45) is 4.99 Å². The monoisotopic (exact) mass is 425 g/mol. The summed E-state index contributed by atoms with van der Waals surface area (Å²) < 4.78 is 50.1. The number of ether oxygens (including phenoxy) is 1. The molecular formula is C20H26F3N5O2. The largest absolute Gasteiger partial charge is 0.416 e. The zero-order chi connectivity index (χ0) is 21.9. The summed E-state index contributed by atoms with van der Waals surface area (Å²) in [4.78, 5) is 10.6. The van der Waals surface area contributed by atoms with E-state index in [2.05, 4.69) is 20.4 Å². The Morgan fingerprint density at radius 1 is 1.30 bits per heavy atom. The van der Waals surface area contributed by atoms with Gasteiger partial charge in [0.05, 0.1) is 25.3 Å². The normalized spacial score (nSPS) is 18.6. The predicted octanol–water partition coefficient (Wildman–Crippen LogP) is 3.53. The van der Waals surface area contributed by atoms with E-state index < -0.39 is 17.8 Å². The lowest BCUT2D eigenvalue weighted by Crippen LogP contribution is -2.48. The van der Waals surface area contributed by atoms with E-state index >= 15 is 0 Å². The van der Waals surface area contributed by atoms with Crippen molar-refractivity contribution in [2.45, 2.75) is 45.0 Å². The summed E-state index contributed by atoms with van der Waals surface area (Å²) in [5, 5.41) is 7.16. The SMILES string of the molecule is CN=C(NCc1noc(C(C)(C)C)n1)N1CCOC(c2cccc(C(F)(F)F)c2)C1. The van der Waals surface area contributed by atoms with Crippen LogP contribution in [-0.4, -0.2) is 47.7 Å². The molecule has 1 aromatic heterocycles. The molecule has 2 heterocycles. The van der Waals surface area contributed by atoms with Gasteiger partial charge in [-0.3, -0.25) is 4.99 Å². The summed E-state index contributed by atoms with van der Waals surface area (Å²) >= 11 is 0. The van der Waals surface area contributed by atoms with Gasteiger partial charge in [-0.05, 0) is 17.7 Å². The third kappa shape index (κ3) is 5.29.